The van der Waals surface area contributed by atoms with Crippen LogP contribution in [0.3, 0.4) is 0 Å². The van der Waals surface area contributed by atoms with Crippen molar-refractivity contribution in [3.63, 3.8) is 0 Å². The van der Waals surface area contributed by atoms with E-state index in [4.69, 9.17) is 0 Å². The molecule has 0 N–H and O–H groups in total. The van der Waals surface area contributed by atoms with Gasteiger partial charge in [-0.2, -0.15) is 11.8 Å². The average molecular weight is 324 g/mol. The maximum atomic E-state index is 12.2. The lowest BCUT2D eigenvalue weighted by Gasteiger charge is -2.08. The van der Waals surface area contributed by atoms with Crippen molar-refractivity contribution in [1.29, 1.82) is 0 Å². The minimum absolute atomic E-state index is 0.0129. The van der Waals surface area contributed by atoms with Gasteiger partial charge in [-0.3, -0.25) is 9.20 Å². The molecule has 0 aliphatic rings. The molecule has 23 heavy (non-hydrogen) atoms. The summed E-state index contributed by atoms with van der Waals surface area (Å²) in [5.41, 5.74) is 6.54. The van der Waals surface area contributed by atoms with Gasteiger partial charge in [-0.1, -0.05) is 29.8 Å². The highest BCUT2D eigenvalue weighted by molar-refractivity contribution is 7.97. The average Bonchev–Trinajstić information content (AvgIpc) is 2.51. The molecule has 0 amide bonds. The lowest BCUT2D eigenvalue weighted by atomic mass is 10.1. The molecule has 0 aliphatic carbocycles. The molecule has 2 aromatic heterocycles. The van der Waals surface area contributed by atoms with E-state index in [1.165, 1.54) is 16.7 Å². The van der Waals surface area contributed by atoms with Crippen LogP contribution >= 0.6 is 11.8 Å². The molecule has 3 rings (SSSR count). The fourth-order valence-corrected chi connectivity index (χ4v) is 3.54. The number of pyridine rings is 1. The molecule has 3 nitrogen and oxygen atoms in total. The molecule has 0 atom stereocenters. The molecule has 2 heterocycles. The van der Waals surface area contributed by atoms with Crippen LogP contribution in [0.1, 0.15) is 27.9 Å². The standard InChI is InChI=1S/C19H20N2OS/c1-13-4-6-15(3)16(8-13)11-23-12-17-9-19(22)21-10-14(2)5-7-18(21)20-17/h4-10H,11-12H2,1-3H3. The first kappa shape index (κ1) is 15.8. The Balaban J connectivity index is 1.76. The van der Waals surface area contributed by atoms with Gasteiger partial charge >= 0.3 is 0 Å². The van der Waals surface area contributed by atoms with Crippen LogP contribution in [0, 0.1) is 20.8 Å². The van der Waals surface area contributed by atoms with Crippen molar-refractivity contribution in [2.45, 2.75) is 32.3 Å². The normalized spacial score (nSPS) is 11.1. The van der Waals surface area contributed by atoms with Crippen molar-refractivity contribution in [2.24, 2.45) is 0 Å². The number of aryl methyl sites for hydroxylation is 3. The number of aromatic nitrogens is 2. The summed E-state index contributed by atoms with van der Waals surface area (Å²) in [5, 5.41) is 0. The Morgan fingerprint density at radius 1 is 1.00 bits per heavy atom. The van der Waals surface area contributed by atoms with Crippen LogP contribution in [0.5, 0.6) is 0 Å². The Morgan fingerprint density at radius 2 is 1.78 bits per heavy atom. The van der Waals surface area contributed by atoms with E-state index in [2.05, 4.69) is 37.0 Å². The van der Waals surface area contributed by atoms with Crippen LogP contribution in [-0.4, -0.2) is 9.38 Å². The summed E-state index contributed by atoms with van der Waals surface area (Å²) in [5.74, 6) is 1.68. The Kier molecular flexibility index (Phi) is 4.53. The predicted octanol–water partition coefficient (Wildman–Crippen LogP) is 4.05. The molecule has 4 heteroatoms. The van der Waals surface area contributed by atoms with E-state index >= 15 is 0 Å². The van der Waals surface area contributed by atoms with Crippen LogP contribution in [0.15, 0.2) is 47.4 Å². The van der Waals surface area contributed by atoms with Gasteiger partial charge in [0, 0.05) is 23.8 Å². The van der Waals surface area contributed by atoms with Gasteiger partial charge in [-0.05, 0) is 43.5 Å². The van der Waals surface area contributed by atoms with E-state index in [0.29, 0.717) is 5.65 Å². The fourth-order valence-electron chi connectivity index (χ4n) is 2.55. The zero-order chi connectivity index (χ0) is 16.4. The summed E-state index contributed by atoms with van der Waals surface area (Å²) < 4.78 is 1.61. The van der Waals surface area contributed by atoms with Crippen LogP contribution in [0.2, 0.25) is 0 Å². The summed E-state index contributed by atoms with van der Waals surface area (Å²) in [7, 11) is 0. The third-order valence-corrected chi connectivity index (χ3v) is 4.89. The maximum Gasteiger partial charge on any atom is 0.258 e. The largest absolute Gasteiger partial charge is 0.269 e. The molecule has 0 saturated heterocycles. The zero-order valence-corrected chi connectivity index (χ0v) is 14.5. The smallest absolute Gasteiger partial charge is 0.258 e. The Bertz CT molecular complexity index is 915. The van der Waals surface area contributed by atoms with Gasteiger partial charge in [0.05, 0.1) is 5.69 Å². The summed E-state index contributed by atoms with van der Waals surface area (Å²) in [6.45, 7) is 6.22. The van der Waals surface area contributed by atoms with Gasteiger partial charge in [0.25, 0.3) is 5.56 Å². The molecule has 0 saturated carbocycles. The minimum atomic E-state index is -0.0129. The SMILES string of the molecule is Cc1ccc(C)c(CSCc2cc(=O)n3cc(C)ccc3n2)c1. The predicted molar refractivity (Wildman–Crippen MR) is 97.1 cm³/mol. The van der Waals surface area contributed by atoms with E-state index < -0.39 is 0 Å². The van der Waals surface area contributed by atoms with E-state index in [0.717, 1.165) is 22.8 Å². The topological polar surface area (TPSA) is 34.4 Å². The van der Waals surface area contributed by atoms with Crippen molar-refractivity contribution >= 4 is 17.4 Å². The summed E-state index contributed by atoms with van der Waals surface area (Å²) >= 11 is 1.79. The Morgan fingerprint density at radius 3 is 2.61 bits per heavy atom. The van der Waals surface area contributed by atoms with Gasteiger partial charge in [0.2, 0.25) is 0 Å². The first-order chi connectivity index (χ1) is 11.0. The number of nitrogens with zero attached hydrogens (tertiary/aromatic N) is 2. The lowest BCUT2D eigenvalue weighted by molar-refractivity contribution is 1.00. The van der Waals surface area contributed by atoms with Gasteiger partial charge < -0.3 is 0 Å². The molecule has 0 bridgehead atoms. The number of thioether (sulfide) groups is 1. The molecule has 3 aromatic rings. The molecule has 0 radical (unpaired) electrons. The van der Waals surface area contributed by atoms with Crippen molar-refractivity contribution in [3.05, 3.63) is 80.9 Å². The second-order valence-corrected chi connectivity index (χ2v) is 6.93. The highest BCUT2D eigenvalue weighted by Gasteiger charge is 2.04. The third kappa shape index (κ3) is 3.64. The molecule has 118 valence electrons. The van der Waals surface area contributed by atoms with E-state index in [9.17, 15) is 4.79 Å². The van der Waals surface area contributed by atoms with E-state index in [-0.39, 0.29) is 5.56 Å². The Labute approximate surface area is 140 Å². The summed E-state index contributed by atoms with van der Waals surface area (Å²) in [6.07, 6.45) is 1.83. The Hall–Kier alpha value is -2.07. The number of fused-ring (bicyclic) bond motifs is 1. The molecule has 0 aliphatic heterocycles. The number of benzene rings is 1. The van der Waals surface area contributed by atoms with Crippen molar-refractivity contribution < 1.29 is 0 Å². The van der Waals surface area contributed by atoms with Gasteiger partial charge in [-0.15, -0.1) is 0 Å². The third-order valence-electron chi connectivity index (χ3n) is 3.87. The monoisotopic (exact) mass is 324 g/mol. The maximum absolute atomic E-state index is 12.2. The van der Waals surface area contributed by atoms with Crippen molar-refractivity contribution in [1.82, 2.24) is 9.38 Å². The van der Waals surface area contributed by atoms with Crippen molar-refractivity contribution in [2.75, 3.05) is 0 Å². The number of rotatable bonds is 4. The fraction of sp³-hybridized carbons (Fsp3) is 0.263. The molecule has 0 spiro atoms. The molecule has 0 fully saturated rings. The quantitative estimate of drug-likeness (QED) is 0.726. The van der Waals surface area contributed by atoms with Gasteiger partial charge in [0.1, 0.15) is 5.65 Å². The van der Waals surface area contributed by atoms with Crippen LogP contribution in [0.25, 0.3) is 5.65 Å². The molecular weight excluding hydrogens is 304 g/mol. The lowest BCUT2D eigenvalue weighted by Crippen LogP contribution is -2.15. The van der Waals surface area contributed by atoms with Crippen LogP contribution in [0.4, 0.5) is 0 Å². The first-order valence-corrected chi connectivity index (χ1v) is 8.81. The molecule has 1 aromatic carbocycles. The zero-order valence-electron chi connectivity index (χ0n) is 13.7. The van der Waals surface area contributed by atoms with Crippen LogP contribution in [-0.2, 0) is 11.5 Å². The second-order valence-electron chi connectivity index (χ2n) is 5.94. The summed E-state index contributed by atoms with van der Waals surface area (Å²) in [6, 6.07) is 12.0. The van der Waals surface area contributed by atoms with Gasteiger partial charge in [-0.25, -0.2) is 4.98 Å². The first-order valence-electron chi connectivity index (χ1n) is 7.66. The second kappa shape index (κ2) is 6.59. The summed E-state index contributed by atoms with van der Waals surface area (Å²) in [4.78, 5) is 16.8. The van der Waals surface area contributed by atoms with Crippen LogP contribution < -0.4 is 5.56 Å². The molecular formula is C19H20N2OS. The minimum Gasteiger partial charge on any atom is -0.269 e. The molecule has 0 unspecified atom stereocenters. The highest BCUT2D eigenvalue weighted by Crippen LogP contribution is 2.20. The van der Waals surface area contributed by atoms with Gasteiger partial charge in [0.15, 0.2) is 0 Å². The number of hydrogen-bond acceptors (Lipinski definition) is 3. The van der Waals surface area contributed by atoms with Crippen molar-refractivity contribution in [3.8, 4) is 0 Å². The van der Waals surface area contributed by atoms with E-state index in [1.54, 1.807) is 22.2 Å². The van der Waals surface area contributed by atoms with E-state index in [1.807, 2.05) is 25.3 Å². The number of hydrogen-bond donors (Lipinski definition) is 0. The highest BCUT2D eigenvalue weighted by atomic mass is 32.2.